The van der Waals surface area contributed by atoms with Crippen LogP contribution in [0.1, 0.15) is 12.5 Å². The van der Waals surface area contributed by atoms with Crippen LogP contribution in [-0.2, 0) is 20.9 Å². The minimum absolute atomic E-state index is 0.0525. The molecule has 0 aliphatic carbocycles. The van der Waals surface area contributed by atoms with E-state index in [1.54, 1.807) is 23.8 Å². The van der Waals surface area contributed by atoms with E-state index in [-0.39, 0.29) is 18.4 Å². The van der Waals surface area contributed by atoms with E-state index in [2.05, 4.69) is 0 Å². The lowest BCUT2D eigenvalue weighted by Gasteiger charge is -2.38. The highest BCUT2D eigenvalue weighted by molar-refractivity contribution is 5.94. The van der Waals surface area contributed by atoms with Gasteiger partial charge in [0.15, 0.2) is 0 Å². The van der Waals surface area contributed by atoms with Gasteiger partial charge in [-0.25, -0.2) is 0 Å². The molecule has 1 fully saturated rings. The van der Waals surface area contributed by atoms with Crippen LogP contribution in [0.25, 0.3) is 0 Å². The second-order valence-electron chi connectivity index (χ2n) is 6.51. The molecule has 0 spiro atoms. The van der Waals surface area contributed by atoms with Crippen LogP contribution in [-0.4, -0.2) is 54.5 Å². The van der Waals surface area contributed by atoms with E-state index in [4.69, 9.17) is 9.47 Å². The lowest BCUT2D eigenvalue weighted by atomic mass is 10.1. The Kier molecular flexibility index (Phi) is 6.08. The van der Waals surface area contributed by atoms with E-state index in [1.165, 1.54) is 0 Å². The molecule has 3 rings (SSSR count). The summed E-state index contributed by atoms with van der Waals surface area (Å²) < 4.78 is 10.9. The Hall–Kier alpha value is -2.86. The molecule has 2 aromatic carbocycles. The lowest BCUT2D eigenvalue weighted by Crippen LogP contribution is -2.58. The number of carbonyl (C=O) groups is 2. The number of rotatable bonds is 7. The van der Waals surface area contributed by atoms with E-state index in [0.29, 0.717) is 25.4 Å². The van der Waals surface area contributed by atoms with Crippen molar-refractivity contribution >= 4 is 11.8 Å². The molecule has 1 heterocycles. The van der Waals surface area contributed by atoms with Crippen molar-refractivity contribution in [3.8, 4) is 11.5 Å². The summed E-state index contributed by atoms with van der Waals surface area (Å²) in [5.74, 6) is 1.33. The van der Waals surface area contributed by atoms with Crippen molar-refractivity contribution in [3.05, 3.63) is 60.2 Å². The Balaban J connectivity index is 1.69. The predicted molar refractivity (Wildman–Crippen MR) is 101 cm³/mol. The third kappa shape index (κ3) is 4.65. The first-order chi connectivity index (χ1) is 13.1. The summed E-state index contributed by atoms with van der Waals surface area (Å²) in [5.41, 5.74) is 0.918. The van der Waals surface area contributed by atoms with Gasteiger partial charge in [0.1, 0.15) is 17.5 Å². The monoisotopic (exact) mass is 368 g/mol. The normalized spacial score (nSPS) is 17.3. The summed E-state index contributed by atoms with van der Waals surface area (Å²) >= 11 is 0. The minimum atomic E-state index is -0.498. The third-order valence-corrected chi connectivity index (χ3v) is 4.58. The summed E-state index contributed by atoms with van der Waals surface area (Å²) in [7, 11) is 1.58. The maximum atomic E-state index is 12.6. The number of nitrogens with zero attached hydrogens (tertiary/aromatic N) is 2. The minimum Gasteiger partial charge on any atom is -0.457 e. The molecule has 6 nitrogen and oxygen atoms in total. The van der Waals surface area contributed by atoms with Crippen molar-refractivity contribution in [3.63, 3.8) is 0 Å². The fourth-order valence-electron chi connectivity index (χ4n) is 3.09. The fourth-order valence-corrected chi connectivity index (χ4v) is 3.09. The van der Waals surface area contributed by atoms with Gasteiger partial charge >= 0.3 is 0 Å². The highest BCUT2D eigenvalue weighted by atomic mass is 16.5. The maximum absolute atomic E-state index is 12.6. The highest BCUT2D eigenvalue weighted by Crippen LogP contribution is 2.23. The molecular weight excluding hydrogens is 344 g/mol. The molecule has 27 heavy (non-hydrogen) atoms. The summed E-state index contributed by atoms with van der Waals surface area (Å²) in [4.78, 5) is 28.3. The second-order valence-corrected chi connectivity index (χ2v) is 6.51. The molecular formula is C21H24N2O4. The van der Waals surface area contributed by atoms with E-state index in [0.717, 1.165) is 11.3 Å². The molecule has 1 atom stereocenters. The molecule has 2 amide bonds. The van der Waals surface area contributed by atoms with Crippen LogP contribution in [0.15, 0.2) is 54.6 Å². The molecule has 0 N–H and O–H groups in total. The van der Waals surface area contributed by atoms with Gasteiger partial charge in [0.25, 0.3) is 0 Å². The lowest BCUT2D eigenvalue weighted by molar-refractivity contribution is -0.156. The first-order valence-electron chi connectivity index (χ1n) is 8.97. The molecule has 0 bridgehead atoms. The van der Waals surface area contributed by atoms with Crippen molar-refractivity contribution in [1.82, 2.24) is 9.80 Å². The predicted octanol–water partition coefficient (Wildman–Crippen LogP) is 2.68. The van der Waals surface area contributed by atoms with E-state index < -0.39 is 6.04 Å². The largest absolute Gasteiger partial charge is 0.457 e. The van der Waals surface area contributed by atoms with Crippen LogP contribution < -0.4 is 4.74 Å². The molecule has 1 saturated heterocycles. The van der Waals surface area contributed by atoms with Gasteiger partial charge < -0.3 is 19.3 Å². The number of carbonyl (C=O) groups excluding carboxylic acids is 2. The molecule has 2 aromatic rings. The maximum Gasteiger partial charge on any atom is 0.245 e. The van der Waals surface area contributed by atoms with Crippen LogP contribution in [0.4, 0.5) is 0 Å². The molecule has 0 saturated carbocycles. The average molecular weight is 368 g/mol. The Morgan fingerprint density at radius 2 is 1.78 bits per heavy atom. The molecule has 0 unspecified atom stereocenters. The van der Waals surface area contributed by atoms with Gasteiger partial charge in [-0.1, -0.05) is 30.3 Å². The van der Waals surface area contributed by atoms with Crippen LogP contribution >= 0.6 is 0 Å². The van der Waals surface area contributed by atoms with Gasteiger partial charge in [-0.3, -0.25) is 9.59 Å². The topological polar surface area (TPSA) is 59.1 Å². The Morgan fingerprint density at radius 1 is 1.04 bits per heavy atom. The van der Waals surface area contributed by atoms with Crippen LogP contribution in [0.3, 0.4) is 0 Å². The quantitative estimate of drug-likeness (QED) is 0.754. The zero-order valence-electron chi connectivity index (χ0n) is 15.6. The molecule has 1 aliphatic rings. The van der Waals surface area contributed by atoms with E-state index in [1.807, 2.05) is 54.6 Å². The second kappa shape index (κ2) is 8.68. The van der Waals surface area contributed by atoms with Crippen molar-refractivity contribution in [1.29, 1.82) is 0 Å². The number of para-hydroxylation sites is 1. The number of ether oxygens (including phenoxy) is 2. The average Bonchev–Trinajstić information content (AvgIpc) is 2.68. The number of benzene rings is 2. The summed E-state index contributed by atoms with van der Waals surface area (Å²) in [5, 5.41) is 0. The van der Waals surface area contributed by atoms with E-state index in [9.17, 15) is 9.59 Å². The Labute approximate surface area is 159 Å². The smallest absolute Gasteiger partial charge is 0.245 e. The fraction of sp³-hybridized carbons (Fsp3) is 0.333. The Bertz CT molecular complexity index is 794. The number of piperazine rings is 1. The van der Waals surface area contributed by atoms with Crippen LogP contribution in [0.5, 0.6) is 11.5 Å². The van der Waals surface area contributed by atoms with E-state index >= 15 is 0 Å². The zero-order chi connectivity index (χ0) is 19.2. The molecule has 142 valence electrons. The molecule has 1 aliphatic heterocycles. The SMILES string of the molecule is COCCN1CC(=O)N(Cc2cccc(Oc3ccccc3)c2)[C@@H](C)C1=O. The van der Waals surface area contributed by atoms with Crippen molar-refractivity contribution in [2.24, 2.45) is 0 Å². The van der Waals surface area contributed by atoms with Crippen molar-refractivity contribution < 1.29 is 19.1 Å². The van der Waals surface area contributed by atoms with Gasteiger partial charge in [0.2, 0.25) is 11.8 Å². The molecule has 6 heteroatoms. The van der Waals surface area contributed by atoms with Gasteiger partial charge in [-0.05, 0) is 36.8 Å². The van der Waals surface area contributed by atoms with Crippen LogP contribution in [0, 0.1) is 0 Å². The summed E-state index contributed by atoms with van der Waals surface area (Å²) in [6, 6.07) is 16.6. The van der Waals surface area contributed by atoms with Crippen molar-refractivity contribution in [2.75, 3.05) is 26.8 Å². The van der Waals surface area contributed by atoms with Gasteiger partial charge in [0.05, 0.1) is 13.2 Å². The van der Waals surface area contributed by atoms with Gasteiger partial charge in [0, 0.05) is 20.2 Å². The molecule has 0 aromatic heterocycles. The number of amides is 2. The number of hydrogen-bond donors (Lipinski definition) is 0. The number of hydrogen-bond acceptors (Lipinski definition) is 4. The van der Waals surface area contributed by atoms with Crippen LogP contribution in [0.2, 0.25) is 0 Å². The van der Waals surface area contributed by atoms with Crippen molar-refractivity contribution in [2.45, 2.75) is 19.5 Å². The highest BCUT2D eigenvalue weighted by Gasteiger charge is 2.36. The van der Waals surface area contributed by atoms with Gasteiger partial charge in [-0.15, -0.1) is 0 Å². The van der Waals surface area contributed by atoms with Gasteiger partial charge in [-0.2, -0.15) is 0 Å². The zero-order valence-corrected chi connectivity index (χ0v) is 15.6. The number of methoxy groups -OCH3 is 1. The standard InChI is InChI=1S/C21H24N2O4/c1-16-21(25)22(11-12-26-2)15-20(24)23(16)14-17-7-6-10-19(13-17)27-18-8-4-3-5-9-18/h3-10,13,16H,11-12,14-15H2,1-2H3/t16-/m0/s1. The Morgan fingerprint density at radius 3 is 2.52 bits per heavy atom. The first kappa shape index (κ1) is 18.9. The molecule has 0 radical (unpaired) electrons. The first-order valence-corrected chi connectivity index (χ1v) is 8.97. The summed E-state index contributed by atoms with van der Waals surface area (Å²) in [6.07, 6.45) is 0. The third-order valence-electron chi connectivity index (χ3n) is 4.58. The summed E-state index contributed by atoms with van der Waals surface area (Å²) in [6.45, 7) is 3.08.